The molecule has 11 atom stereocenters. The highest BCUT2D eigenvalue weighted by Gasteiger charge is 2.46. The lowest BCUT2D eigenvalue weighted by atomic mass is 9.89. The Hall–Kier alpha value is -3.55. The van der Waals surface area contributed by atoms with Crippen molar-refractivity contribution in [3.05, 3.63) is 35.9 Å². The van der Waals surface area contributed by atoms with E-state index in [0.29, 0.717) is 31.3 Å². The summed E-state index contributed by atoms with van der Waals surface area (Å²) in [7, 11) is 4.78. The Bertz CT molecular complexity index is 1410. The lowest BCUT2D eigenvalue weighted by molar-refractivity contribution is -0.148. The van der Waals surface area contributed by atoms with E-state index in [4.69, 9.17) is 9.47 Å². The number of amides is 4. The van der Waals surface area contributed by atoms with Gasteiger partial charge in [-0.1, -0.05) is 71.4 Å². The molecule has 4 rings (SSSR count). The molecule has 1 aromatic carbocycles. The molecule has 4 amide bonds. The molecule has 1 aromatic rings. The summed E-state index contributed by atoms with van der Waals surface area (Å²) < 4.78 is 11.9. The van der Waals surface area contributed by atoms with Gasteiger partial charge in [-0.15, -0.1) is 0 Å². The van der Waals surface area contributed by atoms with Gasteiger partial charge in [0.2, 0.25) is 23.6 Å². The first-order chi connectivity index (χ1) is 25.2. The Balaban J connectivity index is 1.45. The number of rotatable bonds is 19. The molecule has 53 heavy (non-hydrogen) atoms. The molecule has 4 N–H and O–H groups in total. The standard InChI is InChI=1S/C40H63N5O8/c1-9-24(4)35(44(6)39(49)33(23(2)3)43-38(48)34-27-17-18-28(21-27)41-34)31(52-7)22-32(46)45-19-13-16-30(45)36(53-8)25(5)37(47)42-29(40(50)51)20-26-14-11-10-12-15-26/h10-12,14-15,23-25,27-31,33-36,41H,9,13,16-22H2,1-8H3,(H,42,47)(H,43,48)(H,50,51)/t24-,25+,27-,28-,29-,30-,31+,33-,34-,35-,36+/m0/s1. The number of nitrogens with zero attached hydrogens (tertiary/aromatic N) is 2. The predicted octanol–water partition coefficient (Wildman–Crippen LogP) is 3.00. The second kappa shape index (κ2) is 19.2. The summed E-state index contributed by atoms with van der Waals surface area (Å²) in [5.74, 6) is -2.77. The van der Waals surface area contributed by atoms with E-state index in [1.165, 1.54) is 7.11 Å². The normalized spacial score (nSPS) is 24.9. The maximum Gasteiger partial charge on any atom is 0.326 e. The van der Waals surface area contributed by atoms with E-state index >= 15 is 0 Å². The number of methoxy groups -OCH3 is 2. The highest BCUT2D eigenvalue weighted by atomic mass is 16.5. The van der Waals surface area contributed by atoms with E-state index < -0.39 is 54.2 Å². The summed E-state index contributed by atoms with van der Waals surface area (Å²) in [6, 6.07) is 6.47. The highest BCUT2D eigenvalue weighted by Crippen LogP contribution is 2.35. The van der Waals surface area contributed by atoms with Gasteiger partial charge >= 0.3 is 5.97 Å². The summed E-state index contributed by atoms with van der Waals surface area (Å²) in [4.78, 5) is 70.7. The smallest absolute Gasteiger partial charge is 0.326 e. The number of hydrogen-bond donors (Lipinski definition) is 4. The molecule has 296 valence electrons. The predicted molar refractivity (Wildman–Crippen MR) is 201 cm³/mol. The summed E-state index contributed by atoms with van der Waals surface area (Å²) >= 11 is 0. The van der Waals surface area contributed by atoms with Crippen molar-refractivity contribution < 1.29 is 38.6 Å². The molecule has 13 nitrogen and oxygen atoms in total. The topological polar surface area (TPSA) is 167 Å². The lowest BCUT2D eigenvalue weighted by Gasteiger charge is -2.41. The monoisotopic (exact) mass is 741 g/mol. The first kappa shape index (κ1) is 42.2. The largest absolute Gasteiger partial charge is 0.480 e. The molecule has 13 heteroatoms. The molecule has 3 aliphatic rings. The Labute approximate surface area is 315 Å². The van der Waals surface area contributed by atoms with Crippen LogP contribution in [-0.2, 0) is 39.9 Å². The third-order valence-electron chi connectivity index (χ3n) is 12.0. The molecule has 0 unspecified atom stereocenters. The third kappa shape index (κ3) is 10.2. The number of ether oxygens (including phenoxy) is 2. The van der Waals surface area contributed by atoms with Gasteiger partial charge in [0.25, 0.3) is 0 Å². The fourth-order valence-electron chi connectivity index (χ4n) is 8.79. The zero-order valence-corrected chi connectivity index (χ0v) is 32.9. The van der Waals surface area contributed by atoms with Crippen LogP contribution in [0.25, 0.3) is 0 Å². The van der Waals surface area contributed by atoms with Gasteiger partial charge in [-0.25, -0.2) is 4.79 Å². The number of hydrogen-bond acceptors (Lipinski definition) is 8. The van der Waals surface area contributed by atoms with Crippen molar-refractivity contribution >= 4 is 29.6 Å². The van der Waals surface area contributed by atoms with Gasteiger partial charge in [-0.05, 0) is 55.4 Å². The van der Waals surface area contributed by atoms with Gasteiger partial charge in [-0.3, -0.25) is 19.2 Å². The summed E-state index contributed by atoms with van der Waals surface area (Å²) in [5.41, 5.74) is 0.789. The van der Waals surface area contributed by atoms with E-state index in [0.717, 1.165) is 31.2 Å². The van der Waals surface area contributed by atoms with Gasteiger partial charge in [0.05, 0.1) is 42.7 Å². The minimum atomic E-state index is -1.13. The van der Waals surface area contributed by atoms with E-state index in [9.17, 15) is 29.1 Å². The van der Waals surface area contributed by atoms with Crippen LogP contribution in [0, 0.1) is 23.7 Å². The van der Waals surface area contributed by atoms with Gasteiger partial charge in [0, 0.05) is 40.3 Å². The number of carbonyl (C=O) groups excluding carboxylic acids is 4. The number of carbonyl (C=O) groups is 5. The first-order valence-corrected chi connectivity index (χ1v) is 19.5. The van der Waals surface area contributed by atoms with Crippen LogP contribution in [0.4, 0.5) is 0 Å². The number of carboxylic acid groups (broad SMARTS) is 1. The van der Waals surface area contributed by atoms with Crippen molar-refractivity contribution in [2.45, 2.75) is 134 Å². The number of likely N-dealkylation sites (tertiary alicyclic amines) is 1. The molecule has 0 aromatic heterocycles. The third-order valence-corrected chi connectivity index (χ3v) is 12.0. The van der Waals surface area contributed by atoms with Crippen molar-refractivity contribution in [3.63, 3.8) is 0 Å². The molecular weight excluding hydrogens is 678 g/mol. The molecule has 0 radical (unpaired) electrons. The second-order valence-corrected chi connectivity index (χ2v) is 15.8. The Morgan fingerprint density at radius 2 is 1.70 bits per heavy atom. The molecule has 2 heterocycles. The Morgan fingerprint density at radius 1 is 1.00 bits per heavy atom. The van der Waals surface area contributed by atoms with Crippen molar-refractivity contribution in [2.24, 2.45) is 23.7 Å². The second-order valence-electron chi connectivity index (χ2n) is 15.8. The van der Waals surface area contributed by atoms with Gasteiger partial charge in [0.15, 0.2) is 0 Å². The van der Waals surface area contributed by atoms with E-state index in [1.807, 2.05) is 58.0 Å². The zero-order chi connectivity index (χ0) is 39.0. The quantitative estimate of drug-likeness (QED) is 0.167. The fourth-order valence-corrected chi connectivity index (χ4v) is 8.79. The minimum Gasteiger partial charge on any atom is -0.480 e. The van der Waals surface area contributed by atoms with Crippen molar-refractivity contribution in [1.82, 2.24) is 25.8 Å². The SMILES string of the molecule is CC[C@H](C)[C@@H]([C@@H](CC(=O)N1CCC[C@H]1[C@H](OC)[C@@H](C)C(=O)N[C@@H](Cc1ccccc1)C(=O)O)OC)N(C)C(=O)[C@@H](NC(=O)[C@H]1N[C@H]2CC[C@H]1C2)C(C)C. The molecule has 1 saturated carbocycles. The van der Waals surface area contributed by atoms with Crippen molar-refractivity contribution in [2.75, 3.05) is 27.8 Å². The Kier molecular flexibility index (Phi) is 15.3. The minimum absolute atomic E-state index is 0.00255. The van der Waals surface area contributed by atoms with E-state index in [-0.39, 0.29) is 48.4 Å². The van der Waals surface area contributed by atoms with E-state index in [1.54, 1.807) is 30.9 Å². The van der Waals surface area contributed by atoms with Crippen LogP contribution in [0.1, 0.15) is 85.1 Å². The number of likely N-dealkylation sites (N-methyl/N-ethyl adjacent to an activating group) is 1. The zero-order valence-electron chi connectivity index (χ0n) is 32.9. The van der Waals surface area contributed by atoms with Crippen molar-refractivity contribution in [3.8, 4) is 0 Å². The molecule has 3 fully saturated rings. The Morgan fingerprint density at radius 3 is 2.25 bits per heavy atom. The molecule has 1 aliphatic carbocycles. The van der Waals surface area contributed by atoms with Crippen LogP contribution in [0.5, 0.6) is 0 Å². The van der Waals surface area contributed by atoms with Crippen LogP contribution in [0.2, 0.25) is 0 Å². The number of aliphatic carboxylic acids is 1. The molecule has 2 aliphatic heterocycles. The molecule has 2 bridgehead atoms. The van der Waals surface area contributed by atoms with Gasteiger partial charge in [0.1, 0.15) is 12.1 Å². The molecular formula is C40H63N5O8. The number of carboxylic acids is 1. The maximum atomic E-state index is 14.2. The average molecular weight is 742 g/mol. The summed E-state index contributed by atoms with van der Waals surface area (Å²) in [6.45, 7) is 10.1. The number of benzene rings is 1. The van der Waals surface area contributed by atoms with Gasteiger partial charge in [-0.2, -0.15) is 0 Å². The number of nitrogens with one attached hydrogen (secondary N) is 3. The van der Waals surface area contributed by atoms with Crippen LogP contribution in [-0.4, -0.2) is 121 Å². The average Bonchev–Trinajstić information content (AvgIpc) is 3.92. The number of piperidine rings is 1. The first-order valence-electron chi connectivity index (χ1n) is 19.5. The van der Waals surface area contributed by atoms with Crippen molar-refractivity contribution in [1.29, 1.82) is 0 Å². The maximum absolute atomic E-state index is 14.2. The summed E-state index contributed by atoms with van der Waals surface area (Å²) in [5, 5.41) is 19.1. The molecule has 0 spiro atoms. The molecule has 2 saturated heterocycles. The van der Waals surface area contributed by atoms with Crippen LogP contribution < -0.4 is 16.0 Å². The fraction of sp³-hybridized carbons (Fsp3) is 0.725. The van der Waals surface area contributed by atoms with Crippen LogP contribution in [0.15, 0.2) is 30.3 Å². The number of fused-ring (bicyclic) bond motifs is 2. The summed E-state index contributed by atoms with van der Waals surface area (Å²) in [6.07, 6.45) is 3.98. The van der Waals surface area contributed by atoms with Crippen LogP contribution >= 0.6 is 0 Å². The van der Waals surface area contributed by atoms with Crippen LogP contribution in [0.3, 0.4) is 0 Å². The van der Waals surface area contributed by atoms with Gasteiger partial charge < -0.3 is 40.3 Å². The lowest BCUT2D eigenvalue weighted by Crippen LogP contribution is -2.60. The van der Waals surface area contributed by atoms with E-state index in [2.05, 4.69) is 16.0 Å². The highest BCUT2D eigenvalue weighted by molar-refractivity contribution is 5.90.